The molecule has 1 aliphatic carbocycles. The Morgan fingerprint density at radius 1 is 1.12 bits per heavy atom. The summed E-state index contributed by atoms with van der Waals surface area (Å²) in [6.07, 6.45) is 5.59. The van der Waals surface area contributed by atoms with Crippen LogP contribution in [-0.4, -0.2) is 31.0 Å². The lowest BCUT2D eigenvalue weighted by Crippen LogP contribution is -2.41. The zero-order valence-electron chi connectivity index (χ0n) is 18.5. The lowest BCUT2D eigenvalue weighted by Gasteiger charge is -2.36. The molecule has 172 valence electrons. The van der Waals surface area contributed by atoms with Crippen LogP contribution in [0, 0.1) is 11.6 Å². The first-order chi connectivity index (χ1) is 16.0. The molecular weight excluding hydrogens is 442 g/mol. The molecule has 2 aliphatic rings. The van der Waals surface area contributed by atoms with Crippen molar-refractivity contribution in [3.8, 4) is 5.75 Å². The molecular formula is C26H26F2N2O2S. The molecule has 3 aromatic rings. The van der Waals surface area contributed by atoms with Gasteiger partial charge in [0.15, 0.2) is 0 Å². The minimum Gasteiger partial charge on any atom is -0.496 e. The number of methoxy groups -OCH3 is 1. The van der Waals surface area contributed by atoms with E-state index in [4.69, 9.17) is 4.74 Å². The lowest BCUT2D eigenvalue weighted by atomic mass is 9.88. The number of nitrogens with one attached hydrogen (secondary N) is 1. The van der Waals surface area contributed by atoms with Crippen molar-refractivity contribution >= 4 is 22.9 Å². The Balaban J connectivity index is 1.48. The number of rotatable bonds is 5. The highest BCUT2D eigenvalue weighted by atomic mass is 32.1. The molecule has 0 radical (unpaired) electrons. The first-order valence-corrected chi connectivity index (χ1v) is 12.1. The summed E-state index contributed by atoms with van der Waals surface area (Å²) < 4.78 is 33.0. The van der Waals surface area contributed by atoms with Crippen molar-refractivity contribution < 1.29 is 18.3 Å². The molecule has 1 atom stereocenters. The third-order valence-corrected chi connectivity index (χ3v) is 7.95. The van der Waals surface area contributed by atoms with Crippen LogP contribution < -0.4 is 10.1 Å². The van der Waals surface area contributed by atoms with Crippen molar-refractivity contribution in [2.75, 3.05) is 25.5 Å². The fraction of sp³-hybridized carbons (Fsp3) is 0.346. The predicted molar refractivity (Wildman–Crippen MR) is 126 cm³/mol. The van der Waals surface area contributed by atoms with Gasteiger partial charge in [-0.3, -0.25) is 9.69 Å². The zero-order chi connectivity index (χ0) is 22.9. The molecule has 1 unspecified atom stereocenters. The maximum absolute atomic E-state index is 14.1. The summed E-state index contributed by atoms with van der Waals surface area (Å²) >= 11 is 1.87. The van der Waals surface area contributed by atoms with Crippen molar-refractivity contribution in [1.29, 1.82) is 0 Å². The Kier molecular flexibility index (Phi) is 6.17. The standard InChI is InChI=1S/C26H26F2N2O2S/c1-32-22-8-4-2-7-19(22)25-26-18(17-6-3-5-9-23(17)33-26)12-13-30(25)15-24(31)29-21-11-10-16(27)14-20(21)28/h2,4,7-8,10-11,14,25H,3,5-6,9,12-13,15H2,1H3,(H,29,31). The highest BCUT2D eigenvalue weighted by Crippen LogP contribution is 2.46. The molecule has 1 aromatic heterocycles. The van der Waals surface area contributed by atoms with Gasteiger partial charge in [0.2, 0.25) is 5.91 Å². The van der Waals surface area contributed by atoms with E-state index in [9.17, 15) is 13.6 Å². The molecule has 1 amide bonds. The summed E-state index contributed by atoms with van der Waals surface area (Å²) in [5.74, 6) is -0.995. The van der Waals surface area contributed by atoms with E-state index in [2.05, 4.69) is 16.3 Å². The van der Waals surface area contributed by atoms with Crippen LogP contribution >= 0.6 is 11.3 Å². The fourth-order valence-electron chi connectivity index (χ4n) is 5.06. The van der Waals surface area contributed by atoms with Gasteiger partial charge >= 0.3 is 0 Å². The molecule has 0 bridgehead atoms. The van der Waals surface area contributed by atoms with E-state index < -0.39 is 11.6 Å². The Morgan fingerprint density at radius 2 is 1.94 bits per heavy atom. The van der Waals surface area contributed by atoms with Gasteiger partial charge in [0.1, 0.15) is 17.4 Å². The van der Waals surface area contributed by atoms with Crippen molar-refractivity contribution in [1.82, 2.24) is 4.90 Å². The number of benzene rings is 2. The smallest absolute Gasteiger partial charge is 0.238 e. The van der Waals surface area contributed by atoms with Crippen LogP contribution in [0.2, 0.25) is 0 Å². The minimum atomic E-state index is -0.781. The Labute approximate surface area is 196 Å². The van der Waals surface area contributed by atoms with Crippen molar-refractivity contribution in [2.24, 2.45) is 0 Å². The molecule has 0 fully saturated rings. The van der Waals surface area contributed by atoms with Crippen LogP contribution in [0.1, 0.15) is 45.3 Å². The van der Waals surface area contributed by atoms with Crippen LogP contribution in [0.25, 0.3) is 0 Å². The molecule has 2 heterocycles. The van der Waals surface area contributed by atoms with E-state index >= 15 is 0 Å². The molecule has 7 heteroatoms. The predicted octanol–water partition coefficient (Wildman–Crippen LogP) is 5.50. The second kappa shape index (κ2) is 9.23. The number of amides is 1. The number of thiophene rings is 1. The Hall–Kier alpha value is -2.77. The molecule has 1 aliphatic heterocycles. The second-order valence-electron chi connectivity index (χ2n) is 8.59. The lowest BCUT2D eigenvalue weighted by molar-refractivity contribution is -0.117. The van der Waals surface area contributed by atoms with E-state index in [1.807, 2.05) is 29.5 Å². The van der Waals surface area contributed by atoms with Gasteiger partial charge < -0.3 is 10.1 Å². The number of halogens is 2. The molecule has 0 saturated carbocycles. The summed E-state index contributed by atoms with van der Waals surface area (Å²) in [4.78, 5) is 17.8. The zero-order valence-corrected chi connectivity index (χ0v) is 19.3. The van der Waals surface area contributed by atoms with Gasteiger partial charge in [-0.25, -0.2) is 8.78 Å². The molecule has 33 heavy (non-hydrogen) atoms. The first-order valence-electron chi connectivity index (χ1n) is 11.3. The number of aryl methyl sites for hydroxylation is 1. The maximum atomic E-state index is 14.1. The van der Waals surface area contributed by atoms with E-state index in [0.29, 0.717) is 0 Å². The number of hydrogen-bond donors (Lipinski definition) is 1. The number of nitrogens with zero attached hydrogens (tertiary/aromatic N) is 1. The molecule has 0 spiro atoms. The number of para-hydroxylation sites is 1. The van der Waals surface area contributed by atoms with Gasteiger partial charge in [-0.2, -0.15) is 0 Å². The average Bonchev–Trinajstić information content (AvgIpc) is 3.19. The molecule has 4 nitrogen and oxygen atoms in total. The number of anilines is 1. The second-order valence-corrected chi connectivity index (χ2v) is 9.73. The summed E-state index contributed by atoms with van der Waals surface area (Å²) in [6.45, 7) is 0.819. The van der Waals surface area contributed by atoms with Crippen LogP contribution in [0.3, 0.4) is 0 Å². The largest absolute Gasteiger partial charge is 0.496 e. The van der Waals surface area contributed by atoms with Crippen LogP contribution in [0.5, 0.6) is 5.75 Å². The summed E-state index contributed by atoms with van der Waals surface area (Å²) in [5, 5.41) is 2.61. The minimum absolute atomic E-state index is 0.0143. The van der Waals surface area contributed by atoms with E-state index in [1.165, 1.54) is 39.8 Å². The number of carbonyl (C=O) groups excluding carboxylic acids is 1. The highest BCUT2D eigenvalue weighted by molar-refractivity contribution is 7.12. The van der Waals surface area contributed by atoms with Crippen molar-refractivity contribution in [3.63, 3.8) is 0 Å². The topological polar surface area (TPSA) is 41.6 Å². The van der Waals surface area contributed by atoms with Gasteiger partial charge in [0.05, 0.1) is 25.4 Å². The van der Waals surface area contributed by atoms with Gasteiger partial charge in [-0.05, 0) is 61.4 Å². The van der Waals surface area contributed by atoms with Gasteiger partial charge in [-0.1, -0.05) is 18.2 Å². The highest BCUT2D eigenvalue weighted by Gasteiger charge is 2.36. The number of hydrogen-bond acceptors (Lipinski definition) is 4. The fourth-order valence-corrected chi connectivity index (χ4v) is 6.66. The van der Waals surface area contributed by atoms with E-state index in [1.54, 1.807) is 7.11 Å². The average molecular weight is 469 g/mol. The van der Waals surface area contributed by atoms with E-state index in [0.717, 1.165) is 49.3 Å². The van der Waals surface area contributed by atoms with Crippen molar-refractivity contribution in [3.05, 3.63) is 80.5 Å². The summed E-state index contributed by atoms with van der Waals surface area (Å²) in [6, 6.07) is 11.0. The molecule has 1 N–H and O–H groups in total. The maximum Gasteiger partial charge on any atom is 0.238 e. The first kappa shape index (κ1) is 22.0. The Bertz CT molecular complexity index is 1190. The third kappa shape index (κ3) is 4.27. The van der Waals surface area contributed by atoms with Gasteiger partial charge in [0, 0.05) is 27.9 Å². The third-order valence-electron chi connectivity index (χ3n) is 6.56. The van der Waals surface area contributed by atoms with E-state index in [-0.39, 0.29) is 24.2 Å². The van der Waals surface area contributed by atoms with Gasteiger partial charge in [0.25, 0.3) is 0 Å². The monoisotopic (exact) mass is 468 g/mol. The van der Waals surface area contributed by atoms with Crippen molar-refractivity contribution in [2.45, 2.75) is 38.1 Å². The molecule has 0 saturated heterocycles. The number of ether oxygens (including phenoxy) is 1. The normalized spacial score (nSPS) is 17.8. The van der Waals surface area contributed by atoms with Crippen LogP contribution in [0.4, 0.5) is 14.5 Å². The number of fused-ring (bicyclic) bond motifs is 3. The quantitative estimate of drug-likeness (QED) is 0.538. The molecule has 2 aromatic carbocycles. The Morgan fingerprint density at radius 3 is 2.76 bits per heavy atom. The summed E-state index contributed by atoms with van der Waals surface area (Å²) in [7, 11) is 1.66. The molecule has 5 rings (SSSR count). The SMILES string of the molecule is COc1ccccc1C1c2sc3c(c2CCN1CC(=O)Nc1ccc(F)cc1F)CCCC3. The number of carbonyl (C=O) groups is 1. The van der Waals surface area contributed by atoms with Crippen LogP contribution in [0.15, 0.2) is 42.5 Å². The van der Waals surface area contributed by atoms with Crippen LogP contribution in [-0.2, 0) is 24.1 Å². The summed E-state index contributed by atoms with van der Waals surface area (Å²) in [5.41, 5.74) is 3.96. The van der Waals surface area contributed by atoms with Gasteiger partial charge in [-0.15, -0.1) is 11.3 Å².